The lowest BCUT2D eigenvalue weighted by Gasteiger charge is -2.09. The standard InChI is InChI=1S/C19H25N5O3/c1-27-16-8-4-7-15(12-16)21-19(26)17-13-24(23-22-17)10-9-20-18(25)11-14-5-2-3-6-14/h4,7-8,12-14H,2-3,5-6,9-11H2,1H3,(H,20,25)(H,21,26). The molecule has 0 saturated heterocycles. The van der Waals surface area contributed by atoms with Gasteiger partial charge in [0.1, 0.15) is 5.75 Å². The first-order chi connectivity index (χ1) is 13.1. The van der Waals surface area contributed by atoms with Crippen molar-refractivity contribution in [3.63, 3.8) is 0 Å². The third-order valence-electron chi connectivity index (χ3n) is 4.71. The normalized spacial score (nSPS) is 14.1. The number of rotatable bonds is 8. The van der Waals surface area contributed by atoms with E-state index in [0.29, 0.717) is 36.9 Å². The van der Waals surface area contributed by atoms with E-state index in [4.69, 9.17) is 4.74 Å². The minimum Gasteiger partial charge on any atom is -0.497 e. The first-order valence-electron chi connectivity index (χ1n) is 9.26. The fourth-order valence-electron chi connectivity index (χ4n) is 3.27. The predicted octanol–water partition coefficient (Wildman–Crippen LogP) is 2.24. The second-order valence-electron chi connectivity index (χ2n) is 6.76. The number of ether oxygens (including phenoxy) is 1. The summed E-state index contributed by atoms with van der Waals surface area (Å²) in [7, 11) is 1.57. The number of carbonyl (C=O) groups is 2. The zero-order valence-electron chi connectivity index (χ0n) is 15.5. The Morgan fingerprint density at radius 3 is 2.89 bits per heavy atom. The van der Waals surface area contributed by atoms with Gasteiger partial charge in [0.25, 0.3) is 5.91 Å². The van der Waals surface area contributed by atoms with Crippen LogP contribution in [0.15, 0.2) is 30.5 Å². The van der Waals surface area contributed by atoms with Crippen LogP contribution in [0.4, 0.5) is 5.69 Å². The molecule has 0 atom stereocenters. The topological polar surface area (TPSA) is 98.1 Å². The first kappa shape index (κ1) is 18.9. The van der Waals surface area contributed by atoms with Crippen LogP contribution in [0.5, 0.6) is 5.75 Å². The summed E-state index contributed by atoms with van der Waals surface area (Å²) in [6, 6.07) is 7.08. The van der Waals surface area contributed by atoms with E-state index in [1.54, 1.807) is 42.3 Å². The van der Waals surface area contributed by atoms with Crippen LogP contribution >= 0.6 is 0 Å². The van der Waals surface area contributed by atoms with Crippen molar-refractivity contribution in [1.29, 1.82) is 0 Å². The van der Waals surface area contributed by atoms with E-state index in [9.17, 15) is 9.59 Å². The average molecular weight is 371 g/mol. The van der Waals surface area contributed by atoms with Crippen molar-refractivity contribution in [2.45, 2.75) is 38.6 Å². The Hall–Kier alpha value is -2.90. The molecule has 2 N–H and O–H groups in total. The van der Waals surface area contributed by atoms with Crippen molar-refractivity contribution in [3.8, 4) is 5.75 Å². The molecule has 3 rings (SSSR count). The van der Waals surface area contributed by atoms with Crippen molar-refractivity contribution in [2.24, 2.45) is 5.92 Å². The minimum absolute atomic E-state index is 0.0815. The molecule has 0 spiro atoms. The molecule has 0 aliphatic heterocycles. The van der Waals surface area contributed by atoms with E-state index < -0.39 is 0 Å². The molecule has 0 unspecified atom stereocenters. The van der Waals surface area contributed by atoms with Gasteiger partial charge in [-0.3, -0.25) is 9.59 Å². The average Bonchev–Trinajstić information content (AvgIpc) is 3.34. The Bertz CT molecular complexity index is 783. The second-order valence-corrected chi connectivity index (χ2v) is 6.76. The monoisotopic (exact) mass is 371 g/mol. The maximum atomic E-state index is 12.3. The highest BCUT2D eigenvalue weighted by atomic mass is 16.5. The number of benzene rings is 1. The van der Waals surface area contributed by atoms with Crippen LogP contribution in [0, 0.1) is 5.92 Å². The summed E-state index contributed by atoms with van der Waals surface area (Å²) in [6.07, 6.45) is 6.95. The number of nitrogens with zero attached hydrogens (tertiary/aromatic N) is 3. The van der Waals surface area contributed by atoms with Crippen LogP contribution in [0.1, 0.15) is 42.6 Å². The van der Waals surface area contributed by atoms with Gasteiger partial charge < -0.3 is 15.4 Å². The zero-order valence-corrected chi connectivity index (χ0v) is 15.5. The molecule has 1 heterocycles. The van der Waals surface area contributed by atoms with Gasteiger partial charge in [-0.2, -0.15) is 0 Å². The Kier molecular flexibility index (Phi) is 6.40. The summed E-state index contributed by atoms with van der Waals surface area (Å²) in [5, 5.41) is 13.5. The lowest BCUT2D eigenvalue weighted by atomic mass is 10.0. The van der Waals surface area contributed by atoms with Gasteiger partial charge in [0.2, 0.25) is 5.91 Å². The molecule has 8 heteroatoms. The van der Waals surface area contributed by atoms with Crippen molar-refractivity contribution in [1.82, 2.24) is 20.3 Å². The molecule has 8 nitrogen and oxygen atoms in total. The summed E-state index contributed by atoms with van der Waals surface area (Å²) in [5.74, 6) is 0.922. The zero-order chi connectivity index (χ0) is 19.1. The molecule has 1 fully saturated rings. The summed E-state index contributed by atoms with van der Waals surface area (Å²) in [4.78, 5) is 24.2. The smallest absolute Gasteiger partial charge is 0.277 e. The molecule has 144 valence electrons. The fourth-order valence-corrected chi connectivity index (χ4v) is 3.27. The number of nitrogens with one attached hydrogen (secondary N) is 2. The fraction of sp³-hybridized carbons (Fsp3) is 0.474. The molecular weight excluding hydrogens is 346 g/mol. The van der Waals surface area contributed by atoms with Gasteiger partial charge in [-0.1, -0.05) is 24.1 Å². The van der Waals surface area contributed by atoms with E-state index >= 15 is 0 Å². The van der Waals surface area contributed by atoms with Crippen LogP contribution < -0.4 is 15.4 Å². The number of aromatic nitrogens is 3. The van der Waals surface area contributed by atoms with Gasteiger partial charge >= 0.3 is 0 Å². The van der Waals surface area contributed by atoms with Crippen molar-refractivity contribution >= 4 is 17.5 Å². The van der Waals surface area contributed by atoms with E-state index in [2.05, 4.69) is 20.9 Å². The molecule has 1 saturated carbocycles. The second kappa shape index (κ2) is 9.16. The lowest BCUT2D eigenvalue weighted by molar-refractivity contribution is -0.122. The van der Waals surface area contributed by atoms with Crippen LogP contribution in [0.25, 0.3) is 0 Å². The van der Waals surface area contributed by atoms with Gasteiger partial charge in [0, 0.05) is 24.7 Å². The van der Waals surface area contributed by atoms with Gasteiger partial charge in [-0.15, -0.1) is 5.10 Å². The largest absolute Gasteiger partial charge is 0.497 e. The lowest BCUT2D eigenvalue weighted by Crippen LogP contribution is -2.28. The maximum absolute atomic E-state index is 12.3. The van der Waals surface area contributed by atoms with Gasteiger partial charge in [-0.05, 0) is 30.9 Å². The van der Waals surface area contributed by atoms with E-state index in [-0.39, 0.29) is 17.5 Å². The SMILES string of the molecule is COc1cccc(NC(=O)c2cn(CCNC(=O)CC3CCCC3)nn2)c1. The Morgan fingerprint density at radius 1 is 1.30 bits per heavy atom. The molecule has 0 bridgehead atoms. The molecule has 2 aromatic rings. The summed E-state index contributed by atoms with van der Waals surface area (Å²) < 4.78 is 6.69. The minimum atomic E-state index is -0.347. The molecule has 2 amide bonds. The van der Waals surface area contributed by atoms with Crippen LogP contribution in [-0.4, -0.2) is 40.5 Å². The van der Waals surface area contributed by atoms with Crippen LogP contribution in [-0.2, 0) is 11.3 Å². The Balaban J connectivity index is 1.44. The van der Waals surface area contributed by atoms with Crippen LogP contribution in [0.2, 0.25) is 0 Å². The maximum Gasteiger partial charge on any atom is 0.277 e. The number of methoxy groups -OCH3 is 1. The third kappa shape index (κ3) is 5.54. The predicted molar refractivity (Wildman–Crippen MR) is 101 cm³/mol. The quantitative estimate of drug-likeness (QED) is 0.741. The molecule has 27 heavy (non-hydrogen) atoms. The number of anilines is 1. The molecule has 1 aliphatic rings. The van der Waals surface area contributed by atoms with Gasteiger partial charge in [0.05, 0.1) is 19.9 Å². The molecule has 0 radical (unpaired) electrons. The highest BCUT2D eigenvalue weighted by Gasteiger charge is 2.18. The van der Waals surface area contributed by atoms with Crippen molar-refractivity contribution in [2.75, 3.05) is 19.0 Å². The molecular formula is C19H25N5O3. The van der Waals surface area contributed by atoms with Crippen molar-refractivity contribution in [3.05, 3.63) is 36.2 Å². The van der Waals surface area contributed by atoms with Crippen molar-refractivity contribution < 1.29 is 14.3 Å². The highest BCUT2D eigenvalue weighted by Crippen LogP contribution is 2.27. The molecule has 1 aliphatic carbocycles. The number of amides is 2. The van der Waals surface area contributed by atoms with Gasteiger partial charge in [-0.25, -0.2) is 4.68 Å². The summed E-state index contributed by atoms with van der Waals surface area (Å²) >= 11 is 0. The summed E-state index contributed by atoms with van der Waals surface area (Å²) in [5.41, 5.74) is 0.836. The number of hydrogen-bond donors (Lipinski definition) is 2. The van der Waals surface area contributed by atoms with E-state index in [1.807, 2.05) is 0 Å². The van der Waals surface area contributed by atoms with E-state index in [1.165, 1.54) is 12.8 Å². The number of hydrogen-bond acceptors (Lipinski definition) is 5. The summed E-state index contributed by atoms with van der Waals surface area (Å²) in [6.45, 7) is 0.932. The molecule has 1 aromatic carbocycles. The first-order valence-corrected chi connectivity index (χ1v) is 9.26. The number of carbonyl (C=O) groups excluding carboxylic acids is 2. The molecule has 1 aromatic heterocycles. The Labute approximate surface area is 158 Å². The van der Waals surface area contributed by atoms with Crippen LogP contribution in [0.3, 0.4) is 0 Å². The third-order valence-corrected chi connectivity index (χ3v) is 4.71. The highest BCUT2D eigenvalue weighted by molar-refractivity contribution is 6.02. The van der Waals surface area contributed by atoms with E-state index in [0.717, 1.165) is 12.8 Å². The Morgan fingerprint density at radius 2 is 2.11 bits per heavy atom. The van der Waals surface area contributed by atoms with Gasteiger partial charge in [0.15, 0.2) is 5.69 Å².